The number of carbonyl (C=O) groups excluding carboxylic acids is 3. The molecule has 9 heteroatoms. The summed E-state index contributed by atoms with van der Waals surface area (Å²) in [5.74, 6) is 16.2. The molecule has 0 aromatic heterocycles. The number of ether oxygens (including phenoxy) is 6. The predicted molar refractivity (Wildman–Crippen MR) is 238 cm³/mol. The van der Waals surface area contributed by atoms with Crippen molar-refractivity contribution in [3.8, 4) is 70.0 Å². The van der Waals surface area contributed by atoms with E-state index in [1.54, 1.807) is 54.6 Å². The molecular weight excluding hydrogens is 793 g/mol. The monoisotopic (exact) mass is 828 g/mol. The number of hydrogen-bond acceptors (Lipinski definition) is 9. The molecule has 0 N–H and O–H groups in total. The van der Waals surface area contributed by atoms with Crippen molar-refractivity contribution >= 4 is 17.9 Å². The van der Waals surface area contributed by atoms with Crippen LogP contribution in [0.3, 0.4) is 0 Å². The second kappa shape index (κ2) is 20.3. The third-order valence-corrected chi connectivity index (χ3v) is 9.12. The maximum absolute atomic E-state index is 13.9. The van der Waals surface area contributed by atoms with E-state index in [2.05, 4.69) is 35.5 Å². The summed E-state index contributed by atoms with van der Waals surface area (Å²) in [5.41, 5.74) is 4.15. The number of carbonyl (C=O) groups is 3. The van der Waals surface area contributed by atoms with E-state index < -0.39 is 17.9 Å². The molecule has 0 aliphatic rings. The maximum Gasteiger partial charge on any atom is 0.347 e. The van der Waals surface area contributed by atoms with Crippen LogP contribution < -0.4 is 28.4 Å². The largest absolute Gasteiger partial charge is 0.496 e. The fourth-order valence-corrected chi connectivity index (χ4v) is 6.04. The van der Waals surface area contributed by atoms with Crippen LogP contribution in [0.4, 0.5) is 0 Å². The molecule has 0 saturated heterocycles. The summed E-state index contributed by atoms with van der Waals surface area (Å²) < 4.78 is 34.0. The van der Waals surface area contributed by atoms with E-state index in [-0.39, 0.29) is 51.2 Å². The van der Waals surface area contributed by atoms with Gasteiger partial charge in [-0.15, -0.1) is 0 Å². The van der Waals surface area contributed by atoms with Crippen molar-refractivity contribution in [1.82, 2.24) is 0 Å². The molecule has 0 fully saturated rings. The summed E-state index contributed by atoms with van der Waals surface area (Å²) in [4.78, 5) is 41.6. The van der Waals surface area contributed by atoms with Crippen molar-refractivity contribution in [2.45, 2.75) is 0 Å². The van der Waals surface area contributed by atoms with E-state index in [0.717, 1.165) is 16.7 Å². The second-order valence-electron chi connectivity index (χ2n) is 13.4. The van der Waals surface area contributed by atoms with Crippen LogP contribution in [0.25, 0.3) is 0 Å². The fourth-order valence-electron chi connectivity index (χ4n) is 6.04. The molecule has 0 spiro atoms. The second-order valence-corrected chi connectivity index (χ2v) is 13.4. The topological polar surface area (TPSA) is 107 Å². The summed E-state index contributed by atoms with van der Waals surface area (Å²) in [7, 11) is 4.27. The van der Waals surface area contributed by atoms with Gasteiger partial charge in [-0.3, -0.25) is 0 Å². The van der Waals surface area contributed by atoms with Gasteiger partial charge in [0, 0.05) is 51.6 Å². The van der Waals surface area contributed by atoms with Crippen LogP contribution >= 0.6 is 0 Å². The van der Waals surface area contributed by atoms with Gasteiger partial charge < -0.3 is 28.4 Å². The van der Waals surface area contributed by atoms with Crippen LogP contribution in [0, 0.1) is 35.5 Å². The van der Waals surface area contributed by atoms with Crippen molar-refractivity contribution < 1.29 is 42.8 Å². The molecule has 0 radical (unpaired) electrons. The summed E-state index contributed by atoms with van der Waals surface area (Å²) in [6, 6.07) is 46.7. The molecule has 0 heterocycles. The average molecular weight is 829 g/mol. The first-order valence-electron chi connectivity index (χ1n) is 19.4. The van der Waals surface area contributed by atoms with Gasteiger partial charge in [0.1, 0.15) is 51.2 Å². The Labute approximate surface area is 364 Å². The molecule has 9 nitrogen and oxygen atoms in total. The zero-order chi connectivity index (χ0) is 44.0. The summed E-state index contributed by atoms with van der Waals surface area (Å²) in [6.45, 7) is 0. The lowest BCUT2D eigenvalue weighted by Crippen LogP contribution is -2.14. The molecule has 7 aromatic carbocycles. The lowest BCUT2D eigenvalue weighted by Gasteiger charge is -2.14. The van der Waals surface area contributed by atoms with Crippen LogP contribution in [0.5, 0.6) is 34.5 Å². The first-order chi connectivity index (χ1) is 30.8. The van der Waals surface area contributed by atoms with Crippen molar-refractivity contribution in [3.05, 3.63) is 214 Å². The smallest absolute Gasteiger partial charge is 0.347 e. The van der Waals surface area contributed by atoms with Gasteiger partial charge >= 0.3 is 17.9 Å². The lowest BCUT2D eigenvalue weighted by molar-refractivity contribution is 0.0727. The number of rotatable bonds is 9. The predicted octanol–water partition coefficient (Wildman–Crippen LogP) is 9.57. The Morgan fingerprint density at radius 3 is 0.825 bits per heavy atom. The Morgan fingerprint density at radius 1 is 0.317 bits per heavy atom. The fraction of sp³-hybridized carbons (Fsp3) is 0.0556. The molecule has 0 unspecified atom stereocenters. The molecular formula is C54H36O9. The highest BCUT2D eigenvalue weighted by molar-refractivity contribution is 5.97. The maximum atomic E-state index is 13.9. The Kier molecular flexibility index (Phi) is 13.6. The zero-order valence-corrected chi connectivity index (χ0v) is 34.3. The molecule has 7 rings (SSSR count). The van der Waals surface area contributed by atoms with Gasteiger partial charge in [0.15, 0.2) is 0 Å². The quantitative estimate of drug-likeness (QED) is 0.0799. The van der Waals surface area contributed by atoms with Gasteiger partial charge in [-0.1, -0.05) is 90.1 Å². The van der Waals surface area contributed by atoms with E-state index in [1.165, 1.54) is 39.5 Å². The third-order valence-electron chi connectivity index (χ3n) is 9.12. The Morgan fingerprint density at radius 2 is 0.571 bits per heavy atom. The van der Waals surface area contributed by atoms with E-state index in [4.69, 9.17) is 28.4 Å². The Hall–Kier alpha value is -8.97. The van der Waals surface area contributed by atoms with Crippen LogP contribution in [-0.2, 0) is 0 Å². The molecule has 0 amide bonds. The molecule has 0 aliphatic carbocycles. The molecule has 7 aromatic rings. The van der Waals surface area contributed by atoms with Gasteiger partial charge in [-0.25, -0.2) is 14.4 Å². The summed E-state index contributed by atoms with van der Waals surface area (Å²) >= 11 is 0. The van der Waals surface area contributed by atoms with Crippen LogP contribution in [0.1, 0.15) is 64.5 Å². The SMILES string of the molecule is COc1ccc(C#Cc2ccccc2)cc1C(=O)Oc1cc(OC(=O)c2cc(C#Cc3ccccc3)ccc2OC)cc(OC(=O)c2cc(C#Cc3ccccc3)ccc2OC)c1. The lowest BCUT2D eigenvalue weighted by atomic mass is 10.1. The first-order valence-corrected chi connectivity index (χ1v) is 19.4. The highest BCUT2D eigenvalue weighted by Crippen LogP contribution is 2.33. The number of esters is 3. The van der Waals surface area contributed by atoms with Crippen molar-refractivity contribution in [2.24, 2.45) is 0 Å². The van der Waals surface area contributed by atoms with Crippen molar-refractivity contribution in [2.75, 3.05) is 21.3 Å². The number of benzene rings is 7. The van der Waals surface area contributed by atoms with Crippen LogP contribution in [0.15, 0.2) is 164 Å². The number of hydrogen-bond donors (Lipinski definition) is 0. The van der Waals surface area contributed by atoms with Crippen molar-refractivity contribution in [1.29, 1.82) is 0 Å². The van der Waals surface area contributed by atoms with Gasteiger partial charge in [-0.05, 0) is 91.0 Å². The van der Waals surface area contributed by atoms with E-state index >= 15 is 0 Å². The van der Waals surface area contributed by atoms with Crippen LogP contribution in [-0.4, -0.2) is 39.2 Å². The highest BCUT2D eigenvalue weighted by Gasteiger charge is 2.22. The van der Waals surface area contributed by atoms with Gasteiger partial charge in [-0.2, -0.15) is 0 Å². The molecule has 0 atom stereocenters. The normalized spacial score (nSPS) is 9.95. The van der Waals surface area contributed by atoms with Crippen LogP contribution in [0.2, 0.25) is 0 Å². The van der Waals surface area contributed by atoms with Crippen molar-refractivity contribution in [3.63, 3.8) is 0 Å². The average Bonchev–Trinajstić information content (AvgIpc) is 3.32. The van der Waals surface area contributed by atoms with Gasteiger partial charge in [0.2, 0.25) is 0 Å². The molecule has 0 saturated carbocycles. The molecule has 0 aliphatic heterocycles. The minimum absolute atomic E-state index is 0.0645. The number of methoxy groups -OCH3 is 3. The minimum Gasteiger partial charge on any atom is -0.496 e. The Bertz CT molecular complexity index is 2660. The van der Waals surface area contributed by atoms with E-state index in [0.29, 0.717) is 16.7 Å². The molecule has 306 valence electrons. The summed E-state index contributed by atoms with van der Waals surface area (Å²) in [6.07, 6.45) is 0. The Balaban J connectivity index is 1.22. The third kappa shape index (κ3) is 11.2. The highest BCUT2D eigenvalue weighted by atomic mass is 16.6. The first kappa shape index (κ1) is 42.2. The standard InChI is InChI=1S/C54H36O9/c1-58-49-28-25-40(22-19-37-13-7-4-8-14-37)31-46(49)52(55)61-43-34-44(62-53(56)47-32-41(26-29-50(47)59-2)23-20-38-15-9-5-10-16-38)36-45(35-43)63-54(57)48-33-42(27-30-51(48)60-3)24-21-39-17-11-6-12-18-39/h4-18,25-36H,1-3H3. The minimum atomic E-state index is -0.825. The van der Waals surface area contributed by atoms with E-state index in [9.17, 15) is 14.4 Å². The molecule has 63 heavy (non-hydrogen) atoms. The molecule has 0 bridgehead atoms. The summed E-state index contributed by atoms with van der Waals surface area (Å²) in [5, 5.41) is 0. The van der Waals surface area contributed by atoms with E-state index in [1.807, 2.05) is 91.0 Å². The van der Waals surface area contributed by atoms with Gasteiger partial charge in [0.05, 0.1) is 21.3 Å². The zero-order valence-electron chi connectivity index (χ0n) is 34.3. The van der Waals surface area contributed by atoms with Gasteiger partial charge in [0.25, 0.3) is 0 Å².